The van der Waals surface area contributed by atoms with Gasteiger partial charge in [0.1, 0.15) is 11.9 Å². The molecule has 2 fully saturated rings. The van der Waals surface area contributed by atoms with Crippen molar-refractivity contribution in [1.82, 2.24) is 19.3 Å². The van der Waals surface area contributed by atoms with Gasteiger partial charge in [0.25, 0.3) is 0 Å². The third-order valence-electron chi connectivity index (χ3n) is 6.19. The molecule has 0 spiro atoms. The molecule has 0 N–H and O–H groups in total. The summed E-state index contributed by atoms with van der Waals surface area (Å²) >= 11 is 0. The molecular formula is C23H25FN6O4S. The Hall–Kier alpha value is -3.51. The van der Waals surface area contributed by atoms with Crippen LogP contribution in [-0.2, 0) is 21.3 Å². The number of ether oxygens (including phenoxy) is 1. The number of aromatic nitrogens is 3. The van der Waals surface area contributed by atoms with Crippen LogP contribution in [0, 0.1) is 12.7 Å². The maximum Gasteiger partial charge on any atom is 0.414 e. The Morgan fingerprint density at radius 3 is 2.60 bits per heavy atom. The van der Waals surface area contributed by atoms with Gasteiger partial charge in [-0.25, -0.2) is 22.3 Å². The van der Waals surface area contributed by atoms with Gasteiger partial charge >= 0.3 is 6.09 Å². The van der Waals surface area contributed by atoms with Gasteiger partial charge < -0.3 is 9.64 Å². The summed E-state index contributed by atoms with van der Waals surface area (Å²) in [6.07, 6.45) is 2.25. The van der Waals surface area contributed by atoms with Crippen LogP contribution >= 0.6 is 0 Å². The second-order valence-corrected chi connectivity index (χ2v) is 10.5. The van der Waals surface area contributed by atoms with E-state index in [9.17, 15) is 13.2 Å². The Morgan fingerprint density at radius 2 is 1.91 bits per heavy atom. The molecule has 35 heavy (non-hydrogen) atoms. The van der Waals surface area contributed by atoms with Crippen molar-refractivity contribution >= 4 is 27.5 Å². The molecule has 12 heteroatoms. The summed E-state index contributed by atoms with van der Waals surface area (Å²) < 4.78 is 49.4. The van der Waals surface area contributed by atoms with Crippen LogP contribution in [0.5, 0.6) is 0 Å². The van der Waals surface area contributed by atoms with Crippen molar-refractivity contribution in [3.63, 3.8) is 0 Å². The molecule has 1 amide bonds. The molecule has 10 nitrogen and oxygen atoms in total. The zero-order valence-electron chi connectivity index (χ0n) is 19.1. The number of anilines is 2. The lowest BCUT2D eigenvalue weighted by molar-refractivity contribution is 0.129. The van der Waals surface area contributed by atoms with Gasteiger partial charge in [0.15, 0.2) is 0 Å². The lowest BCUT2D eigenvalue weighted by atomic mass is 10.2. The highest BCUT2D eigenvalue weighted by Gasteiger charge is 2.34. The fourth-order valence-corrected chi connectivity index (χ4v) is 5.91. The predicted molar refractivity (Wildman–Crippen MR) is 126 cm³/mol. The first-order valence-electron chi connectivity index (χ1n) is 11.2. The van der Waals surface area contributed by atoms with Crippen LogP contribution in [0.3, 0.4) is 0 Å². The Kier molecular flexibility index (Phi) is 6.15. The molecule has 2 aromatic carbocycles. The largest absolute Gasteiger partial charge is 0.442 e. The average molecular weight is 501 g/mol. The van der Waals surface area contributed by atoms with Crippen molar-refractivity contribution in [3.05, 3.63) is 66.2 Å². The minimum Gasteiger partial charge on any atom is -0.442 e. The highest BCUT2D eigenvalue weighted by molar-refractivity contribution is 7.89. The minimum atomic E-state index is -3.60. The number of benzene rings is 2. The van der Waals surface area contributed by atoms with Crippen molar-refractivity contribution in [3.8, 4) is 0 Å². The van der Waals surface area contributed by atoms with E-state index >= 15 is 4.39 Å². The lowest BCUT2D eigenvalue weighted by Gasteiger charge is -2.35. The zero-order chi connectivity index (χ0) is 24.6. The van der Waals surface area contributed by atoms with Crippen LogP contribution in [0.15, 0.2) is 59.8 Å². The van der Waals surface area contributed by atoms with Crippen molar-refractivity contribution in [1.29, 1.82) is 0 Å². The van der Waals surface area contributed by atoms with Crippen molar-refractivity contribution in [2.24, 2.45) is 0 Å². The molecule has 0 aliphatic carbocycles. The molecule has 5 rings (SSSR count). The summed E-state index contributed by atoms with van der Waals surface area (Å²) in [4.78, 5) is 15.8. The Bertz CT molecular complexity index is 1330. The van der Waals surface area contributed by atoms with Crippen molar-refractivity contribution in [2.45, 2.75) is 24.5 Å². The predicted octanol–water partition coefficient (Wildman–Crippen LogP) is 2.26. The molecule has 3 aromatic rings. The topological polar surface area (TPSA) is 101 Å². The minimum absolute atomic E-state index is 0.250. The second-order valence-electron chi connectivity index (χ2n) is 8.58. The van der Waals surface area contributed by atoms with Gasteiger partial charge in [-0.15, -0.1) is 5.10 Å². The number of amides is 1. The highest BCUT2D eigenvalue weighted by Crippen LogP contribution is 2.29. The molecule has 0 saturated carbocycles. The van der Waals surface area contributed by atoms with E-state index in [1.165, 1.54) is 15.3 Å². The summed E-state index contributed by atoms with van der Waals surface area (Å²) in [5.74, 6) is -0.481. The Balaban J connectivity index is 1.24. The standard InChI is InChI=1S/C23H25FN6O4S/c1-17-3-2-4-20(13-17)35(32,33)29-11-9-27(10-12-29)22-6-5-18(14-21(22)24)30-16-19(34-23(30)31)15-28-8-7-25-26-28/h2-8,13-14,19H,9-12,15-16H2,1H3/t19-/m0/s1. The summed E-state index contributed by atoms with van der Waals surface area (Å²) in [7, 11) is -3.60. The SMILES string of the molecule is Cc1cccc(S(=O)(=O)N2CCN(c3ccc(N4C[C@H](Cn5ccnn5)OC4=O)cc3F)CC2)c1. The van der Waals surface area contributed by atoms with E-state index in [4.69, 9.17) is 4.74 Å². The van der Waals surface area contributed by atoms with E-state index in [-0.39, 0.29) is 24.5 Å². The third kappa shape index (κ3) is 4.71. The maximum absolute atomic E-state index is 15.1. The molecule has 0 bridgehead atoms. The van der Waals surface area contributed by atoms with Gasteiger partial charge in [-0.2, -0.15) is 4.31 Å². The maximum atomic E-state index is 15.1. The van der Waals surface area contributed by atoms with Crippen LogP contribution in [-0.4, -0.2) is 72.6 Å². The zero-order valence-corrected chi connectivity index (χ0v) is 19.9. The highest BCUT2D eigenvalue weighted by atomic mass is 32.2. The third-order valence-corrected chi connectivity index (χ3v) is 8.08. The van der Waals surface area contributed by atoms with Crippen LogP contribution in [0.4, 0.5) is 20.6 Å². The monoisotopic (exact) mass is 500 g/mol. The Labute approximate surface area is 202 Å². The van der Waals surface area contributed by atoms with E-state index in [1.807, 2.05) is 17.9 Å². The molecule has 1 aromatic heterocycles. The van der Waals surface area contributed by atoms with E-state index < -0.39 is 28.0 Å². The first kappa shape index (κ1) is 23.2. The van der Waals surface area contributed by atoms with E-state index in [0.717, 1.165) is 5.56 Å². The Morgan fingerprint density at radius 1 is 1.11 bits per heavy atom. The number of halogens is 1. The fourth-order valence-electron chi connectivity index (χ4n) is 4.38. The normalized spacial score (nSPS) is 19.3. The summed E-state index contributed by atoms with van der Waals surface area (Å²) in [5, 5.41) is 7.60. The first-order chi connectivity index (χ1) is 16.8. The summed E-state index contributed by atoms with van der Waals surface area (Å²) in [5.41, 5.74) is 1.64. The average Bonchev–Trinajstić information content (AvgIpc) is 3.48. The molecule has 2 saturated heterocycles. The fraction of sp³-hybridized carbons (Fsp3) is 0.348. The summed E-state index contributed by atoms with van der Waals surface area (Å²) in [6.45, 7) is 3.69. The van der Waals surface area contributed by atoms with Gasteiger partial charge in [-0.1, -0.05) is 17.3 Å². The molecule has 0 radical (unpaired) electrons. The van der Waals surface area contributed by atoms with E-state index in [2.05, 4.69) is 10.3 Å². The molecule has 1 atom stereocenters. The van der Waals surface area contributed by atoms with Gasteiger partial charge in [-0.05, 0) is 42.8 Å². The van der Waals surface area contributed by atoms with Crippen molar-refractivity contribution in [2.75, 3.05) is 42.5 Å². The second kappa shape index (κ2) is 9.27. The summed E-state index contributed by atoms with van der Waals surface area (Å²) in [6, 6.07) is 11.4. The van der Waals surface area contributed by atoms with Gasteiger partial charge in [0.05, 0.1) is 35.6 Å². The van der Waals surface area contributed by atoms with Gasteiger partial charge in [0.2, 0.25) is 10.0 Å². The molecule has 2 aliphatic heterocycles. The number of rotatable bonds is 6. The number of sulfonamides is 1. The number of carbonyl (C=O) groups excluding carboxylic acids is 1. The van der Waals surface area contributed by atoms with Crippen LogP contribution in [0.1, 0.15) is 5.56 Å². The van der Waals surface area contributed by atoms with Gasteiger partial charge in [-0.3, -0.25) is 4.90 Å². The smallest absolute Gasteiger partial charge is 0.414 e. The number of carbonyl (C=O) groups is 1. The van der Waals surface area contributed by atoms with Gasteiger partial charge in [0, 0.05) is 32.4 Å². The first-order valence-corrected chi connectivity index (χ1v) is 12.7. The number of nitrogens with zero attached hydrogens (tertiary/aromatic N) is 6. The number of piperazine rings is 1. The number of hydrogen-bond acceptors (Lipinski definition) is 7. The quantitative estimate of drug-likeness (QED) is 0.512. The van der Waals surface area contributed by atoms with Crippen LogP contribution in [0.25, 0.3) is 0 Å². The molecule has 184 valence electrons. The molecule has 3 heterocycles. The molecule has 0 unspecified atom stereocenters. The molecular weight excluding hydrogens is 475 g/mol. The number of hydrogen-bond donors (Lipinski definition) is 0. The number of cyclic esters (lactones) is 1. The van der Waals surface area contributed by atoms with Crippen LogP contribution < -0.4 is 9.80 Å². The lowest BCUT2D eigenvalue weighted by Crippen LogP contribution is -2.48. The number of aryl methyl sites for hydroxylation is 1. The van der Waals surface area contributed by atoms with E-state index in [1.54, 1.807) is 47.4 Å². The van der Waals surface area contributed by atoms with Crippen LogP contribution in [0.2, 0.25) is 0 Å². The molecule has 2 aliphatic rings. The van der Waals surface area contributed by atoms with E-state index in [0.29, 0.717) is 31.0 Å². The van der Waals surface area contributed by atoms with Crippen molar-refractivity contribution < 1.29 is 22.3 Å².